The summed E-state index contributed by atoms with van der Waals surface area (Å²) >= 11 is 3.40. The smallest absolute Gasteiger partial charge is 0.142 e. The first kappa shape index (κ1) is 17.2. The lowest BCUT2D eigenvalue weighted by Crippen LogP contribution is -2.28. The van der Waals surface area contributed by atoms with Gasteiger partial charge in [0.2, 0.25) is 0 Å². The minimum absolute atomic E-state index is 0.0324. The second-order valence-electron chi connectivity index (χ2n) is 4.48. The number of halogens is 1. The first-order valence-corrected chi connectivity index (χ1v) is 7.22. The molecule has 1 rings (SSSR count). The molecule has 1 aromatic carbocycles. The summed E-state index contributed by atoms with van der Waals surface area (Å²) in [5, 5.41) is 13.0. The van der Waals surface area contributed by atoms with E-state index >= 15 is 0 Å². The molecule has 0 bridgehead atoms. The summed E-state index contributed by atoms with van der Waals surface area (Å²) in [6.07, 6.45) is -0.631. The molecular weight excluding hydrogens is 326 g/mol. The van der Waals surface area contributed by atoms with Crippen LogP contribution in [0.4, 0.5) is 5.69 Å². The first-order chi connectivity index (χ1) is 9.56. The third kappa shape index (κ3) is 6.09. The van der Waals surface area contributed by atoms with Crippen molar-refractivity contribution in [3.63, 3.8) is 0 Å². The number of hydrogen-bond acceptors (Lipinski definition) is 5. The van der Waals surface area contributed by atoms with Crippen molar-refractivity contribution in [2.75, 3.05) is 39.3 Å². The fourth-order valence-electron chi connectivity index (χ4n) is 1.66. The number of methoxy groups -OCH3 is 2. The van der Waals surface area contributed by atoms with Crippen LogP contribution in [0.25, 0.3) is 0 Å². The predicted octanol–water partition coefficient (Wildman–Crippen LogP) is 2.28. The molecule has 0 saturated carbocycles. The van der Waals surface area contributed by atoms with Gasteiger partial charge in [-0.25, -0.2) is 0 Å². The molecule has 0 saturated heterocycles. The summed E-state index contributed by atoms with van der Waals surface area (Å²) in [5.74, 6) is 0.731. The topological polar surface area (TPSA) is 60.0 Å². The second-order valence-corrected chi connectivity index (χ2v) is 5.39. The van der Waals surface area contributed by atoms with Gasteiger partial charge in [0.1, 0.15) is 5.75 Å². The van der Waals surface area contributed by atoms with Gasteiger partial charge < -0.3 is 24.6 Å². The zero-order valence-electron chi connectivity index (χ0n) is 12.1. The average molecular weight is 348 g/mol. The summed E-state index contributed by atoms with van der Waals surface area (Å²) < 4.78 is 16.6. The molecule has 114 valence electrons. The maximum absolute atomic E-state index is 9.88. The Morgan fingerprint density at radius 1 is 1.30 bits per heavy atom. The molecule has 5 nitrogen and oxygen atoms in total. The van der Waals surface area contributed by atoms with Crippen molar-refractivity contribution in [3.8, 4) is 5.75 Å². The van der Waals surface area contributed by atoms with Crippen LogP contribution in [0.2, 0.25) is 0 Å². The van der Waals surface area contributed by atoms with Crippen LogP contribution in [0, 0.1) is 0 Å². The molecule has 1 aromatic rings. The molecule has 0 aliphatic heterocycles. The van der Waals surface area contributed by atoms with Crippen LogP contribution in [-0.4, -0.2) is 51.3 Å². The highest BCUT2D eigenvalue weighted by molar-refractivity contribution is 9.10. The Hall–Kier alpha value is -0.820. The summed E-state index contributed by atoms with van der Waals surface area (Å²) in [6, 6.07) is 5.66. The number of aliphatic hydroxyl groups is 1. The van der Waals surface area contributed by atoms with E-state index in [1.165, 1.54) is 0 Å². The van der Waals surface area contributed by atoms with Crippen molar-refractivity contribution in [2.24, 2.45) is 0 Å². The van der Waals surface area contributed by atoms with Crippen molar-refractivity contribution < 1.29 is 19.3 Å². The lowest BCUT2D eigenvalue weighted by atomic mass is 10.2. The highest BCUT2D eigenvalue weighted by Gasteiger charge is 2.10. The molecule has 0 spiro atoms. The van der Waals surface area contributed by atoms with Crippen molar-refractivity contribution in [1.82, 2.24) is 0 Å². The molecule has 0 fully saturated rings. The second kappa shape index (κ2) is 9.18. The largest absolute Gasteiger partial charge is 0.495 e. The quantitative estimate of drug-likeness (QED) is 0.717. The number of anilines is 1. The zero-order chi connectivity index (χ0) is 15.0. The fraction of sp³-hybridized carbons (Fsp3) is 0.571. The third-order valence-electron chi connectivity index (χ3n) is 2.66. The van der Waals surface area contributed by atoms with E-state index < -0.39 is 6.10 Å². The molecule has 0 amide bonds. The maximum Gasteiger partial charge on any atom is 0.142 e. The Labute approximate surface area is 128 Å². The van der Waals surface area contributed by atoms with E-state index in [0.717, 1.165) is 15.9 Å². The van der Waals surface area contributed by atoms with E-state index in [1.807, 2.05) is 25.1 Å². The summed E-state index contributed by atoms with van der Waals surface area (Å²) in [7, 11) is 3.23. The highest BCUT2D eigenvalue weighted by atomic mass is 79.9. The first-order valence-electron chi connectivity index (χ1n) is 6.42. The van der Waals surface area contributed by atoms with Crippen molar-refractivity contribution in [2.45, 2.75) is 19.1 Å². The van der Waals surface area contributed by atoms with Crippen molar-refractivity contribution >= 4 is 21.6 Å². The highest BCUT2D eigenvalue weighted by Crippen LogP contribution is 2.27. The summed E-state index contributed by atoms with van der Waals surface area (Å²) in [4.78, 5) is 0. The van der Waals surface area contributed by atoms with Gasteiger partial charge in [0, 0.05) is 18.1 Å². The standard InChI is InChI=1S/C14H22BrNO4/c1-10(8-18-2)20-9-12(17)7-16-13-6-11(15)4-5-14(13)19-3/h4-6,10,12,16-17H,7-9H2,1-3H3. The van der Waals surface area contributed by atoms with Crippen LogP contribution in [0.15, 0.2) is 22.7 Å². The molecule has 2 atom stereocenters. The SMILES string of the molecule is COCC(C)OCC(O)CNc1cc(Br)ccc1OC. The van der Waals surface area contributed by atoms with Gasteiger partial charge in [-0.3, -0.25) is 0 Å². The Bertz CT molecular complexity index is 403. The predicted molar refractivity (Wildman–Crippen MR) is 82.5 cm³/mol. The lowest BCUT2D eigenvalue weighted by Gasteiger charge is -2.18. The Morgan fingerprint density at radius 2 is 2.05 bits per heavy atom. The number of aliphatic hydroxyl groups excluding tert-OH is 1. The zero-order valence-corrected chi connectivity index (χ0v) is 13.6. The number of nitrogens with one attached hydrogen (secondary N) is 1. The van der Waals surface area contributed by atoms with Gasteiger partial charge in [0.25, 0.3) is 0 Å². The minimum Gasteiger partial charge on any atom is -0.495 e. The Balaban J connectivity index is 2.40. The molecule has 2 unspecified atom stereocenters. The van der Waals surface area contributed by atoms with Crippen LogP contribution in [-0.2, 0) is 9.47 Å². The Kier molecular flexibility index (Phi) is 7.91. The normalized spacial score (nSPS) is 13.8. The molecule has 2 N–H and O–H groups in total. The van der Waals surface area contributed by atoms with Gasteiger partial charge >= 0.3 is 0 Å². The molecule has 0 heterocycles. The number of rotatable bonds is 9. The van der Waals surface area contributed by atoms with Crippen molar-refractivity contribution in [3.05, 3.63) is 22.7 Å². The van der Waals surface area contributed by atoms with E-state index in [-0.39, 0.29) is 12.7 Å². The van der Waals surface area contributed by atoms with Crippen LogP contribution >= 0.6 is 15.9 Å². The van der Waals surface area contributed by atoms with Gasteiger partial charge in [-0.2, -0.15) is 0 Å². The molecule has 6 heteroatoms. The van der Waals surface area contributed by atoms with E-state index in [2.05, 4.69) is 21.2 Å². The Morgan fingerprint density at radius 3 is 2.70 bits per heavy atom. The average Bonchev–Trinajstić information content (AvgIpc) is 2.43. The molecule has 0 aromatic heterocycles. The summed E-state index contributed by atoms with van der Waals surface area (Å²) in [5.41, 5.74) is 0.825. The minimum atomic E-state index is -0.599. The van der Waals surface area contributed by atoms with E-state index in [9.17, 15) is 5.11 Å². The van der Waals surface area contributed by atoms with Gasteiger partial charge in [-0.05, 0) is 25.1 Å². The van der Waals surface area contributed by atoms with Gasteiger partial charge in [0.15, 0.2) is 0 Å². The lowest BCUT2D eigenvalue weighted by molar-refractivity contribution is -0.0282. The van der Waals surface area contributed by atoms with Crippen LogP contribution in [0.5, 0.6) is 5.75 Å². The number of benzene rings is 1. The van der Waals surface area contributed by atoms with Gasteiger partial charge in [-0.15, -0.1) is 0 Å². The van der Waals surface area contributed by atoms with Crippen LogP contribution < -0.4 is 10.1 Å². The monoisotopic (exact) mass is 347 g/mol. The van der Waals surface area contributed by atoms with E-state index in [4.69, 9.17) is 14.2 Å². The summed E-state index contributed by atoms with van der Waals surface area (Å²) in [6.45, 7) is 3.06. The van der Waals surface area contributed by atoms with Crippen LogP contribution in [0.1, 0.15) is 6.92 Å². The number of hydrogen-bond donors (Lipinski definition) is 2. The molecule has 0 aliphatic carbocycles. The maximum atomic E-state index is 9.88. The molecule has 0 aliphatic rings. The molecule has 20 heavy (non-hydrogen) atoms. The van der Waals surface area contributed by atoms with E-state index in [1.54, 1.807) is 14.2 Å². The van der Waals surface area contributed by atoms with Crippen molar-refractivity contribution in [1.29, 1.82) is 0 Å². The molecule has 0 radical (unpaired) electrons. The van der Waals surface area contributed by atoms with Gasteiger partial charge in [0.05, 0.1) is 38.2 Å². The van der Waals surface area contributed by atoms with Gasteiger partial charge in [-0.1, -0.05) is 15.9 Å². The van der Waals surface area contributed by atoms with E-state index in [0.29, 0.717) is 13.2 Å². The third-order valence-corrected chi connectivity index (χ3v) is 3.16. The molecular formula is C14H22BrNO4. The fourth-order valence-corrected chi connectivity index (χ4v) is 2.02. The van der Waals surface area contributed by atoms with Crippen LogP contribution in [0.3, 0.4) is 0 Å². The number of ether oxygens (including phenoxy) is 3.